The lowest BCUT2D eigenvalue weighted by Crippen LogP contribution is -2.19. The van der Waals surface area contributed by atoms with E-state index in [-0.39, 0.29) is 5.78 Å². The highest BCUT2D eigenvalue weighted by atomic mass is 16.5. The van der Waals surface area contributed by atoms with Gasteiger partial charge in [-0.05, 0) is 94.0 Å². The number of benzene rings is 3. The summed E-state index contributed by atoms with van der Waals surface area (Å²) in [4.78, 5) is 29.7. The maximum atomic E-state index is 13.6. The lowest BCUT2D eigenvalue weighted by molar-refractivity contribution is 0.101. The van der Waals surface area contributed by atoms with Crippen molar-refractivity contribution in [3.63, 3.8) is 0 Å². The van der Waals surface area contributed by atoms with E-state index in [4.69, 9.17) is 14.2 Å². The van der Waals surface area contributed by atoms with Crippen LogP contribution < -0.4 is 30.2 Å². The molecule has 0 aliphatic carbocycles. The fourth-order valence-electron chi connectivity index (χ4n) is 4.99. The summed E-state index contributed by atoms with van der Waals surface area (Å²) in [5.74, 6) is 2.01. The van der Waals surface area contributed by atoms with Crippen LogP contribution in [0.15, 0.2) is 66.4 Å². The number of aryl methyl sites for hydroxylation is 1. The van der Waals surface area contributed by atoms with Crippen LogP contribution in [0.2, 0.25) is 0 Å². The Kier molecular flexibility index (Phi) is 8.26. The highest BCUT2D eigenvalue weighted by Crippen LogP contribution is 2.40. The van der Waals surface area contributed by atoms with Gasteiger partial charge in [-0.15, -0.1) is 0 Å². The van der Waals surface area contributed by atoms with Crippen LogP contribution in [-0.4, -0.2) is 44.1 Å². The lowest BCUT2D eigenvalue weighted by atomic mass is 9.96. The molecule has 0 unspecified atom stereocenters. The van der Waals surface area contributed by atoms with Crippen LogP contribution in [0.25, 0.3) is 16.5 Å². The second kappa shape index (κ2) is 12.2. The lowest BCUT2D eigenvalue weighted by Gasteiger charge is -2.10. The number of amides is 2. The minimum absolute atomic E-state index is 0.220. The Morgan fingerprint density at radius 3 is 2.44 bits per heavy atom. The van der Waals surface area contributed by atoms with E-state index in [9.17, 15) is 9.59 Å². The smallest absolute Gasteiger partial charge is 0.323 e. The Balaban J connectivity index is 1.31. The van der Waals surface area contributed by atoms with Crippen molar-refractivity contribution in [2.24, 2.45) is 0 Å². The number of ketones is 1. The second-order valence-electron chi connectivity index (χ2n) is 9.75. The fourth-order valence-corrected chi connectivity index (χ4v) is 4.99. The number of aromatic amines is 1. The number of anilines is 2. The number of hydrogen-bond acceptors (Lipinski definition) is 6. The molecule has 41 heavy (non-hydrogen) atoms. The Morgan fingerprint density at radius 2 is 1.71 bits per heavy atom. The van der Waals surface area contributed by atoms with Gasteiger partial charge in [-0.1, -0.05) is 6.92 Å². The van der Waals surface area contributed by atoms with Crippen molar-refractivity contribution < 1.29 is 23.8 Å². The number of carbonyl (C=O) groups excluding carboxylic acids is 2. The third kappa shape index (κ3) is 5.90. The minimum atomic E-state index is -0.424. The zero-order valence-electron chi connectivity index (χ0n) is 23.6. The predicted octanol–water partition coefficient (Wildman–Crippen LogP) is 6.51. The van der Waals surface area contributed by atoms with E-state index in [2.05, 4.69) is 20.9 Å². The summed E-state index contributed by atoms with van der Waals surface area (Å²) in [6.45, 7) is 5.48. The fraction of sp³-hybridized carbons (Fsp3) is 0.250. The normalized spacial score (nSPS) is 13.5. The van der Waals surface area contributed by atoms with Crippen LogP contribution in [0.3, 0.4) is 0 Å². The highest BCUT2D eigenvalue weighted by Gasteiger charge is 2.32. The molecule has 0 bridgehead atoms. The first-order valence-corrected chi connectivity index (χ1v) is 13.6. The van der Waals surface area contributed by atoms with Gasteiger partial charge in [0.15, 0.2) is 5.76 Å². The summed E-state index contributed by atoms with van der Waals surface area (Å²) in [5.41, 5.74) is 5.15. The van der Waals surface area contributed by atoms with Gasteiger partial charge in [0.2, 0.25) is 5.78 Å². The van der Waals surface area contributed by atoms with E-state index in [1.165, 1.54) is 0 Å². The van der Waals surface area contributed by atoms with Crippen LogP contribution in [0, 0.1) is 6.92 Å². The number of nitrogens with one attached hydrogen (secondary N) is 4. The van der Waals surface area contributed by atoms with Gasteiger partial charge in [-0.3, -0.25) is 4.79 Å². The van der Waals surface area contributed by atoms with E-state index in [1.54, 1.807) is 37.4 Å². The third-order valence-corrected chi connectivity index (χ3v) is 6.97. The topological polar surface area (TPSA) is 114 Å². The molecule has 0 atom stereocenters. The Hall–Kier alpha value is -4.76. The van der Waals surface area contributed by atoms with Crippen molar-refractivity contribution >= 4 is 39.7 Å². The van der Waals surface area contributed by atoms with Crippen molar-refractivity contribution in [3.05, 3.63) is 83.2 Å². The number of fused-ring (bicyclic) bond motifs is 2. The molecule has 0 saturated heterocycles. The molecular formula is C32H34N4O5. The summed E-state index contributed by atoms with van der Waals surface area (Å²) < 4.78 is 17.2. The van der Waals surface area contributed by atoms with Crippen LogP contribution in [0.1, 0.15) is 41.4 Å². The SMILES string of the molecule is CC/C(=C1/Oc2ccc(NC(=O)Nc3ccc(OCCCNC)cc3)cc2C1=O)c1c(C)[nH]c2ccc(OC)cc12. The first-order chi connectivity index (χ1) is 19.9. The van der Waals surface area contributed by atoms with Gasteiger partial charge in [0.1, 0.15) is 17.2 Å². The molecule has 2 heterocycles. The van der Waals surface area contributed by atoms with E-state index in [0.29, 0.717) is 41.5 Å². The molecule has 0 spiro atoms. The van der Waals surface area contributed by atoms with Gasteiger partial charge in [0.05, 0.1) is 19.3 Å². The van der Waals surface area contributed by atoms with Crippen LogP contribution in [0.5, 0.6) is 17.2 Å². The molecule has 1 aliphatic heterocycles. The number of Topliss-reactive ketones (excluding diaryl/α,β-unsaturated/α-hetero) is 1. The average molecular weight is 555 g/mol. The number of aromatic nitrogens is 1. The third-order valence-electron chi connectivity index (χ3n) is 6.97. The zero-order chi connectivity index (χ0) is 28.9. The molecule has 1 aliphatic rings. The number of hydrogen-bond donors (Lipinski definition) is 4. The highest BCUT2D eigenvalue weighted by molar-refractivity contribution is 6.18. The quantitative estimate of drug-likeness (QED) is 0.131. The molecule has 0 fully saturated rings. The summed E-state index contributed by atoms with van der Waals surface area (Å²) >= 11 is 0. The van der Waals surface area contributed by atoms with Crippen molar-refractivity contribution in [2.45, 2.75) is 26.7 Å². The Bertz CT molecular complexity index is 1620. The standard InChI is InChI=1S/C32H34N4O5/c1-5-24(29-19(2)34-27-13-12-23(39-4)18-25(27)29)31-30(37)26-17-21(9-14-28(26)41-31)36-32(38)35-20-7-10-22(11-8-20)40-16-6-15-33-3/h7-14,17-18,33-34H,5-6,15-16H2,1-4H3,(H2,35,36,38)/b31-24-. The Labute approximate surface area is 238 Å². The maximum absolute atomic E-state index is 13.6. The van der Waals surface area contributed by atoms with Crippen molar-refractivity contribution in [2.75, 3.05) is 37.9 Å². The number of rotatable bonds is 10. The van der Waals surface area contributed by atoms with Gasteiger partial charge < -0.3 is 35.1 Å². The zero-order valence-corrected chi connectivity index (χ0v) is 23.6. The van der Waals surface area contributed by atoms with Crippen molar-refractivity contribution in [3.8, 4) is 17.2 Å². The number of urea groups is 1. The van der Waals surface area contributed by atoms with Gasteiger partial charge in [0, 0.05) is 39.1 Å². The van der Waals surface area contributed by atoms with E-state index >= 15 is 0 Å². The molecule has 0 saturated carbocycles. The summed E-state index contributed by atoms with van der Waals surface area (Å²) in [5, 5.41) is 9.65. The number of allylic oxidation sites excluding steroid dienone is 2. The molecule has 5 rings (SSSR count). The Morgan fingerprint density at radius 1 is 0.976 bits per heavy atom. The van der Waals surface area contributed by atoms with Gasteiger partial charge >= 0.3 is 6.03 Å². The van der Waals surface area contributed by atoms with E-state index in [1.807, 2.05) is 51.2 Å². The number of methoxy groups -OCH3 is 1. The van der Waals surface area contributed by atoms with Gasteiger partial charge in [-0.25, -0.2) is 4.79 Å². The van der Waals surface area contributed by atoms with E-state index in [0.717, 1.165) is 52.2 Å². The minimum Gasteiger partial charge on any atom is -0.497 e. The molecule has 212 valence electrons. The van der Waals surface area contributed by atoms with Crippen LogP contribution in [0.4, 0.5) is 16.2 Å². The number of ether oxygens (including phenoxy) is 3. The van der Waals surface area contributed by atoms with Crippen LogP contribution in [-0.2, 0) is 0 Å². The summed E-state index contributed by atoms with van der Waals surface area (Å²) in [7, 11) is 3.53. The number of carbonyl (C=O) groups is 2. The first kappa shape index (κ1) is 27.8. The van der Waals surface area contributed by atoms with Crippen molar-refractivity contribution in [1.29, 1.82) is 0 Å². The molecule has 0 radical (unpaired) electrons. The molecule has 4 N–H and O–H groups in total. The van der Waals surface area contributed by atoms with E-state index < -0.39 is 6.03 Å². The first-order valence-electron chi connectivity index (χ1n) is 13.6. The molecule has 3 aromatic carbocycles. The van der Waals surface area contributed by atoms with Crippen molar-refractivity contribution in [1.82, 2.24) is 10.3 Å². The molecule has 1 aromatic heterocycles. The largest absolute Gasteiger partial charge is 0.497 e. The van der Waals surface area contributed by atoms with Gasteiger partial charge in [0.25, 0.3) is 0 Å². The molecule has 4 aromatic rings. The molecule has 9 heteroatoms. The van der Waals surface area contributed by atoms with Gasteiger partial charge in [-0.2, -0.15) is 0 Å². The summed E-state index contributed by atoms with van der Waals surface area (Å²) in [6, 6.07) is 17.6. The molecular weight excluding hydrogens is 520 g/mol. The van der Waals surface area contributed by atoms with Crippen LogP contribution >= 0.6 is 0 Å². The average Bonchev–Trinajstić information content (AvgIpc) is 3.48. The molecule has 2 amide bonds. The second-order valence-corrected chi connectivity index (χ2v) is 9.75. The predicted molar refractivity (Wildman–Crippen MR) is 161 cm³/mol. The molecule has 9 nitrogen and oxygen atoms in total. The number of H-pyrrole nitrogens is 1. The maximum Gasteiger partial charge on any atom is 0.323 e. The summed E-state index contributed by atoms with van der Waals surface area (Å²) in [6.07, 6.45) is 1.50. The monoisotopic (exact) mass is 554 g/mol.